The fraction of sp³-hybridized carbons (Fsp3) is 0.0588. The first-order valence-electron chi connectivity index (χ1n) is 6.59. The number of rotatable bonds is 4. The Morgan fingerprint density at radius 2 is 1.95 bits per heavy atom. The summed E-state index contributed by atoms with van der Waals surface area (Å²) in [7, 11) is 0. The Morgan fingerprint density at radius 3 is 2.67 bits per heavy atom. The summed E-state index contributed by atoms with van der Waals surface area (Å²) in [5, 5.41) is 1.77. The van der Waals surface area contributed by atoms with Crippen molar-refractivity contribution in [2.75, 3.05) is 4.72 Å². The minimum atomic E-state index is 0.740. The van der Waals surface area contributed by atoms with Crippen molar-refractivity contribution in [1.29, 1.82) is 0 Å². The molecule has 21 heavy (non-hydrogen) atoms. The zero-order valence-corrected chi connectivity index (χ0v) is 13.2. The van der Waals surface area contributed by atoms with Crippen molar-refractivity contribution < 1.29 is 0 Å². The topological polar surface area (TPSA) is 27.8 Å². The molecule has 106 valence electrons. The number of H-pyrrole nitrogens is 1. The van der Waals surface area contributed by atoms with Gasteiger partial charge in [0.15, 0.2) is 0 Å². The number of nitrogens with one attached hydrogen (secondary N) is 2. The smallest absolute Gasteiger partial charge is 0.0713 e. The van der Waals surface area contributed by atoms with Gasteiger partial charge in [0.1, 0.15) is 0 Å². The van der Waals surface area contributed by atoms with E-state index in [1.165, 1.54) is 0 Å². The second-order valence-electron chi connectivity index (χ2n) is 4.87. The Bertz CT molecular complexity index is 790. The molecule has 2 nitrogen and oxygen atoms in total. The van der Waals surface area contributed by atoms with Gasteiger partial charge in [-0.05, 0) is 42.6 Å². The van der Waals surface area contributed by atoms with Crippen molar-refractivity contribution in [3.05, 3.63) is 65.8 Å². The molecule has 0 unspecified atom stereocenters. The van der Waals surface area contributed by atoms with Crippen LogP contribution < -0.4 is 4.72 Å². The Morgan fingerprint density at radius 1 is 1.19 bits per heavy atom. The molecule has 0 saturated heterocycles. The number of aromatic amines is 1. The lowest BCUT2D eigenvalue weighted by Gasteiger charge is -2.07. The molecule has 4 heteroatoms. The largest absolute Gasteiger partial charge is 0.358 e. The molecule has 0 fully saturated rings. The molecule has 0 aliphatic heterocycles. The average Bonchev–Trinajstić information content (AvgIpc) is 2.88. The van der Waals surface area contributed by atoms with E-state index in [-0.39, 0.29) is 0 Å². The van der Waals surface area contributed by atoms with Gasteiger partial charge in [0.25, 0.3) is 0 Å². The van der Waals surface area contributed by atoms with Crippen LogP contribution in [-0.2, 0) is 0 Å². The molecule has 1 aromatic heterocycles. The number of anilines is 1. The third-order valence-electron chi connectivity index (χ3n) is 3.29. The SMILES string of the molecule is C=C(C)c1ccc(SNc2cccc3c(Cl)c[nH]c23)cc1. The number of allylic oxidation sites excluding steroid dienone is 1. The van der Waals surface area contributed by atoms with Gasteiger partial charge in [0, 0.05) is 16.5 Å². The predicted octanol–water partition coefficient (Wildman–Crippen LogP) is 5.97. The van der Waals surface area contributed by atoms with Gasteiger partial charge in [-0.3, -0.25) is 0 Å². The molecular formula is C17H15ClN2S. The van der Waals surface area contributed by atoms with Crippen LogP contribution in [0.3, 0.4) is 0 Å². The maximum Gasteiger partial charge on any atom is 0.0713 e. The summed E-state index contributed by atoms with van der Waals surface area (Å²) in [6, 6.07) is 14.4. The number of hydrogen-bond acceptors (Lipinski definition) is 2. The van der Waals surface area contributed by atoms with Crippen LogP contribution >= 0.6 is 23.5 Å². The molecule has 0 radical (unpaired) electrons. The van der Waals surface area contributed by atoms with E-state index in [1.807, 2.05) is 31.3 Å². The molecular weight excluding hydrogens is 300 g/mol. The number of hydrogen-bond donors (Lipinski definition) is 2. The lowest BCUT2D eigenvalue weighted by molar-refractivity contribution is 1.43. The molecule has 0 aliphatic rings. The number of fused-ring (bicyclic) bond motifs is 1. The van der Waals surface area contributed by atoms with Crippen molar-refractivity contribution in [3.8, 4) is 0 Å². The summed E-state index contributed by atoms with van der Waals surface area (Å²) in [4.78, 5) is 4.35. The lowest BCUT2D eigenvalue weighted by Crippen LogP contribution is -1.88. The monoisotopic (exact) mass is 314 g/mol. The van der Waals surface area contributed by atoms with E-state index in [9.17, 15) is 0 Å². The van der Waals surface area contributed by atoms with E-state index in [1.54, 1.807) is 11.9 Å². The number of para-hydroxylation sites is 1. The van der Waals surface area contributed by atoms with E-state index in [2.05, 4.69) is 40.6 Å². The molecule has 2 N–H and O–H groups in total. The van der Waals surface area contributed by atoms with Crippen LogP contribution in [-0.4, -0.2) is 4.98 Å². The van der Waals surface area contributed by atoms with E-state index in [0.29, 0.717) is 0 Å². The van der Waals surface area contributed by atoms with Crippen molar-refractivity contribution in [3.63, 3.8) is 0 Å². The molecule has 0 bridgehead atoms. The number of halogens is 1. The Balaban J connectivity index is 1.78. The number of aromatic nitrogens is 1. The second-order valence-corrected chi connectivity index (χ2v) is 6.16. The minimum Gasteiger partial charge on any atom is -0.358 e. The highest BCUT2D eigenvalue weighted by molar-refractivity contribution is 8.00. The van der Waals surface area contributed by atoms with Crippen LogP contribution in [0.2, 0.25) is 5.02 Å². The molecule has 2 aromatic carbocycles. The third kappa shape index (κ3) is 2.94. The lowest BCUT2D eigenvalue weighted by atomic mass is 10.1. The first-order valence-corrected chi connectivity index (χ1v) is 7.79. The maximum atomic E-state index is 6.13. The summed E-state index contributed by atoms with van der Waals surface area (Å²) in [5.74, 6) is 0. The molecule has 1 heterocycles. The number of benzene rings is 2. The van der Waals surface area contributed by atoms with Crippen LogP contribution in [0.5, 0.6) is 0 Å². The average molecular weight is 315 g/mol. The van der Waals surface area contributed by atoms with Crippen molar-refractivity contribution in [2.45, 2.75) is 11.8 Å². The minimum absolute atomic E-state index is 0.740. The first kappa shape index (κ1) is 14.1. The summed E-state index contributed by atoms with van der Waals surface area (Å²) < 4.78 is 3.37. The molecule has 0 aliphatic carbocycles. The van der Waals surface area contributed by atoms with E-state index < -0.39 is 0 Å². The zero-order chi connectivity index (χ0) is 14.8. The van der Waals surface area contributed by atoms with Crippen LogP contribution in [0.15, 0.2) is 60.1 Å². The van der Waals surface area contributed by atoms with Crippen LogP contribution in [0, 0.1) is 0 Å². The van der Waals surface area contributed by atoms with Crippen molar-refractivity contribution >= 4 is 45.7 Å². The van der Waals surface area contributed by atoms with Gasteiger partial charge in [-0.15, -0.1) is 0 Å². The molecule has 0 atom stereocenters. The van der Waals surface area contributed by atoms with Gasteiger partial charge in [0.05, 0.1) is 16.2 Å². The highest BCUT2D eigenvalue weighted by atomic mass is 35.5. The second kappa shape index (κ2) is 5.88. The third-order valence-corrected chi connectivity index (χ3v) is 4.43. The Labute approximate surface area is 133 Å². The normalized spacial score (nSPS) is 10.8. The fourth-order valence-electron chi connectivity index (χ4n) is 2.13. The van der Waals surface area contributed by atoms with Gasteiger partial charge in [0.2, 0.25) is 0 Å². The van der Waals surface area contributed by atoms with E-state index >= 15 is 0 Å². The summed E-state index contributed by atoms with van der Waals surface area (Å²) in [6.07, 6.45) is 1.81. The Hall–Kier alpha value is -1.84. The summed E-state index contributed by atoms with van der Waals surface area (Å²) >= 11 is 7.71. The quantitative estimate of drug-likeness (QED) is 0.580. The van der Waals surface area contributed by atoms with E-state index in [0.717, 1.165) is 37.6 Å². The van der Waals surface area contributed by atoms with Crippen LogP contribution in [0.4, 0.5) is 5.69 Å². The van der Waals surface area contributed by atoms with Gasteiger partial charge in [-0.1, -0.05) is 48.0 Å². The van der Waals surface area contributed by atoms with Crippen molar-refractivity contribution in [1.82, 2.24) is 4.98 Å². The fourth-order valence-corrected chi connectivity index (χ4v) is 3.01. The van der Waals surface area contributed by atoms with Crippen LogP contribution in [0.25, 0.3) is 16.5 Å². The standard InChI is InChI=1S/C17H15ClN2S/c1-11(2)12-6-8-13(9-7-12)21-20-16-5-3-4-14-15(18)10-19-17(14)16/h3-10,19-20H,1H2,2H3. The summed E-state index contributed by atoms with van der Waals surface area (Å²) in [5.41, 5.74) is 4.28. The highest BCUT2D eigenvalue weighted by Crippen LogP contribution is 2.31. The molecule has 0 spiro atoms. The highest BCUT2D eigenvalue weighted by Gasteiger charge is 2.06. The van der Waals surface area contributed by atoms with Gasteiger partial charge < -0.3 is 9.71 Å². The first-order chi connectivity index (χ1) is 10.1. The molecule has 0 saturated carbocycles. The maximum absolute atomic E-state index is 6.13. The zero-order valence-electron chi connectivity index (χ0n) is 11.6. The molecule has 0 amide bonds. The van der Waals surface area contributed by atoms with Crippen molar-refractivity contribution in [2.24, 2.45) is 0 Å². The van der Waals surface area contributed by atoms with Gasteiger partial charge >= 0.3 is 0 Å². The van der Waals surface area contributed by atoms with Crippen LogP contribution in [0.1, 0.15) is 12.5 Å². The molecule has 3 rings (SSSR count). The summed E-state index contributed by atoms with van der Waals surface area (Å²) in [6.45, 7) is 5.96. The van der Waals surface area contributed by atoms with Gasteiger partial charge in [-0.25, -0.2) is 0 Å². The Kier molecular flexibility index (Phi) is 3.95. The van der Waals surface area contributed by atoms with E-state index in [4.69, 9.17) is 11.6 Å². The predicted molar refractivity (Wildman–Crippen MR) is 93.9 cm³/mol. The van der Waals surface area contributed by atoms with Gasteiger partial charge in [-0.2, -0.15) is 0 Å². The molecule has 3 aromatic rings.